The average molecular weight is 423 g/mol. The number of hydrogen-bond acceptors (Lipinski definition) is 4. The molecule has 0 bridgehead atoms. The zero-order valence-electron chi connectivity index (χ0n) is 18.4. The van der Waals surface area contributed by atoms with Gasteiger partial charge in [0, 0.05) is 38.3 Å². The lowest BCUT2D eigenvalue weighted by Gasteiger charge is -2.30. The fourth-order valence-corrected chi connectivity index (χ4v) is 4.83. The molecule has 0 aromatic heterocycles. The van der Waals surface area contributed by atoms with E-state index in [1.807, 2.05) is 18.2 Å². The zero-order chi connectivity index (χ0) is 21.6. The Morgan fingerprint density at radius 2 is 2.06 bits per heavy atom. The van der Waals surface area contributed by atoms with E-state index < -0.39 is 6.10 Å². The standard InChI is InChI=1S/C26H34N2O3/c1-19-13-21(10-12-31-19)14-20-5-4-8-23(15-20)26(30)27-16-25(29)18-28-11-9-22-6-2-3-7-24(22)17-28/h2-8,15,19,21,25,29H,9-14,16-18H2,1H3,(H,27,30)/t19-,21?,25-/m0/s1. The molecule has 2 heterocycles. The van der Waals surface area contributed by atoms with Crippen molar-refractivity contribution in [3.8, 4) is 0 Å². The van der Waals surface area contributed by atoms with Crippen molar-refractivity contribution in [2.24, 2.45) is 5.92 Å². The molecular formula is C26H34N2O3. The molecule has 0 aliphatic carbocycles. The second-order valence-corrected chi connectivity index (χ2v) is 9.09. The van der Waals surface area contributed by atoms with Crippen LogP contribution in [0.2, 0.25) is 0 Å². The van der Waals surface area contributed by atoms with Crippen molar-refractivity contribution in [1.29, 1.82) is 0 Å². The molecule has 2 N–H and O–H groups in total. The van der Waals surface area contributed by atoms with Gasteiger partial charge in [-0.15, -0.1) is 0 Å². The van der Waals surface area contributed by atoms with Crippen molar-refractivity contribution in [3.63, 3.8) is 0 Å². The first-order chi connectivity index (χ1) is 15.1. The molecule has 1 fully saturated rings. The molecule has 5 heteroatoms. The minimum absolute atomic E-state index is 0.120. The van der Waals surface area contributed by atoms with E-state index in [1.165, 1.54) is 16.7 Å². The number of amides is 1. The average Bonchev–Trinajstić information content (AvgIpc) is 2.77. The van der Waals surface area contributed by atoms with Gasteiger partial charge in [0.1, 0.15) is 0 Å². The molecular weight excluding hydrogens is 388 g/mol. The molecule has 2 aromatic rings. The number of carbonyl (C=O) groups is 1. The summed E-state index contributed by atoms with van der Waals surface area (Å²) in [7, 11) is 0. The topological polar surface area (TPSA) is 61.8 Å². The van der Waals surface area contributed by atoms with Crippen LogP contribution in [0.25, 0.3) is 0 Å². The predicted octanol–water partition coefficient (Wildman–Crippen LogP) is 3.19. The summed E-state index contributed by atoms with van der Waals surface area (Å²) in [4.78, 5) is 14.9. The highest BCUT2D eigenvalue weighted by atomic mass is 16.5. The van der Waals surface area contributed by atoms with E-state index in [2.05, 4.69) is 47.5 Å². The van der Waals surface area contributed by atoms with E-state index in [1.54, 1.807) is 0 Å². The Morgan fingerprint density at radius 1 is 1.23 bits per heavy atom. The fraction of sp³-hybridized carbons (Fsp3) is 0.500. The molecule has 3 atom stereocenters. The number of aliphatic hydroxyl groups excluding tert-OH is 1. The molecule has 1 saturated heterocycles. The molecule has 0 saturated carbocycles. The van der Waals surface area contributed by atoms with Crippen LogP contribution >= 0.6 is 0 Å². The smallest absolute Gasteiger partial charge is 0.251 e. The maximum Gasteiger partial charge on any atom is 0.251 e. The number of ether oxygens (including phenoxy) is 1. The number of rotatable bonds is 7. The zero-order valence-corrected chi connectivity index (χ0v) is 18.4. The molecule has 1 unspecified atom stereocenters. The maximum absolute atomic E-state index is 12.6. The monoisotopic (exact) mass is 422 g/mol. The van der Waals surface area contributed by atoms with Crippen LogP contribution in [0, 0.1) is 5.92 Å². The van der Waals surface area contributed by atoms with Gasteiger partial charge >= 0.3 is 0 Å². The Kier molecular flexibility index (Phi) is 7.38. The van der Waals surface area contributed by atoms with E-state index >= 15 is 0 Å². The fourth-order valence-electron chi connectivity index (χ4n) is 4.83. The number of aliphatic hydroxyl groups is 1. The highest BCUT2D eigenvalue weighted by Gasteiger charge is 2.21. The maximum atomic E-state index is 12.6. The number of fused-ring (bicyclic) bond motifs is 1. The lowest BCUT2D eigenvalue weighted by Crippen LogP contribution is -2.42. The summed E-state index contributed by atoms with van der Waals surface area (Å²) < 4.78 is 5.64. The summed E-state index contributed by atoms with van der Waals surface area (Å²) in [6.45, 7) is 5.58. The van der Waals surface area contributed by atoms with Crippen LogP contribution in [0.1, 0.15) is 46.8 Å². The first-order valence-electron chi connectivity index (χ1n) is 11.5. The van der Waals surface area contributed by atoms with Crippen molar-refractivity contribution in [2.45, 2.75) is 51.4 Å². The van der Waals surface area contributed by atoms with Crippen molar-refractivity contribution in [1.82, 2.24) is 10.2 Å². The van der Waals surface area contributed by atoms with Crippen molar-refractivity contribution >= 4 is 5.91 Å². The highest BCUT2D eigenvalue weighted by Crippen LogP contribution is 2.24. The van der Waals surface area contributed by atoms with Crippen LogP contribution in [-0.4, -0.2) is 54.4 Å². The lowest BCUT2D eigenvalue weighted by atomic mass is 9.89. The van der Waals surface area contributed by atoms with Gasteiger partial charge in [-0.2, -0.15) is 0 Å². The molecule has 0 radical (unpaired) electrons. The first kappa shape index (κ1) is 22.0. The van der Waals surface area contributed by atoms with Gasteiger partial charge in [-0.25, -0.2) is 0 Å². The number of β-amino-alcohol motifs (C(OH)–C–C–N with tert-alkyl or cyclic N) is 1. The van der Waals surface area contributed by atoms with Crippen molar-refractivity contribution < 1.29 is 14.6 Å². The molecule has 2 aliphatic rings. The summed E-state index contributed by atoms with van der Waals surface area (Å²) in [6.07, 6.45) is 3.88. The Hall–Kier alpha value is -2.21. The minimum Gasteiger partial charge on any atom is -0.390 e. The van der Waals surface area contributed by atoms with Crippen molar-refractivity contribution in [3.05, 3.63) is 70.8 Å². The Balaban J connectivity index is 1.25. The second-order valence-electron chi connectivity index (χ2n) is 9.09. The van der Waals surface area contributed by atoms with Crippen molar-refractivity contribution in [2.75, 3.05) is 26.2 Å². The van der Waals surface area contributed by atoms with Gasteiger partial charge in [0.2, 0.25) is 0 Å². The lowest BCUT2D eigenvalue weighted by molar-refractivity contribution is 0.00284. The first-order valence-corrected chi connectivity index (χ1v) is 11.5. The van der Waals surface area contributed by atoms with Crippen LogP contribution < -0.4 is 5.32 Å². The number of nitrogens with zero attached hydrogens (tertiary/aromatic N) is 1. The van der Waals surface area contributed by atoms with Gasteiger partial charge in [0.15, 0.2) is 0 Å². The molecule has 4 rings (SSSR count). The molecule has 5 nitrogen and oxygen atoms in total. The predicted molar refractivity (Wildman–Crippen MR) is 122 cm³/mol. The molecule has 2 aliphatic heterocycles. The Morgan fingerprint density at radius 3 is 2.90 bits per heavy atom. The van der Waals surface area contributed by atoms with Gasteiger partial charge in [-0.05, 0) is 67.3 Å². The van der Waals surface area contributed by atoms with E-state index in [0.29, 0.717) is 24.1 Å². The molecule has 2 aromatic carbocycles. The van der Waals surface area contributed by atoms with Gasteiger partial charge in [0.05, 0.1) is 12.2 Å². The van der Waals surface area contributed by atoms with E-state index in [0.717, 1.165) is 45.4 Å². The number of hydrogen-bond donors (Lipinski definition) is 2. The van der Waals surface area contributed by atoms with Crippen LogP contribution in [0.4, 0.5) is 0 Å². The Bertz CT molecular complexity index is 884. The normalized spacial score (nSPS) is 22.5. The quantitative estimate of drug-likeness (QED) is 0.719. The van der Waals surface area contributed by atoms with E-state index in [4.69, 9.17) is 4.74 Å². The summed E-state index contributed by atoms with van der Waals surface area (Å²) >= 11 is 0. The third-order valence-electron chi connectivity index (χ3n) is 6.48. The third kappa shape index (κ3) is 6.16. The van der Waals surface area contributed by atoms with Crippen LogP contribution in [0.15, 0.2) is 48.5 Å². The summed E-state index contributed by atoms with van der Waals surface area (Å²) in [5, 5.41) is 13.4. The molecule has 166 valence electrons. The van der Waals surface area contributed by atoms with Crippen LogP contribution in [0.5, 0.6) is 0 Å². The molecule has 1 amide bonds. The highest BCUT2D eigenvalue weighted by molar-refractivity contribution is 5.94. The minimum atomic E-state index is -0.582. The number of nitrogens with one attached hydrogen (secondary N) is 1. The Labute approximate surface area is 185 Å². The van der Waals surface area contributed by atoms with Gasteiger partial charge in [-0.1, -0.05) is 36.4 Å². The molecule has 0 spiro atoms. The molecule has 31 heavy (non-hydrogen) atoms. The summed E-state index contributed by atoms with van der Waals surface area (Å²) in [6, 6.07) is 16.4. The third-order valence-corrected chi connectivity index (χ3v) is 6.48. The SMILES string of the molecule is C[C@H]1CC(Cc2cccc(C(=O)NC[C@H](O)CN3CCc4ccccc4C3)c2)CCO1. The summed E-state index contributed by atoms with van der Waals surface area (Å²) in [5.74, 6) is 0.490. The van der Waals surface area contributed by atoms with Crippen LogP contribution in [-0.2, 0) is 24.1 Å². The summed E-state index contributed by atoms with van der Waals surface area (Å²) in [5.41, 5.74) is 4.59. The largest absolute Gasteiger partial charge is 0.390 e. The van der Waals surface area contributed by atoms with E-state index in [9.17, 15) is 9.90 Å². The number of carbonyl (C=O) groups excluding carboxylic acids is 1. The van der Waals surface area contributed by atoms with Crippen LogP contribution in [0.3, 0.4) is 0 Å². The van der Waals surface area contributed by atoms with Gasteiger partial charge < -0.3 is 15.2 Å². The van der Waals surface area contributed by atoms with Gasteiger partial charge in [-0.3, -0.25) is 9.69 Å². The van der Waals surface area contributed by atoms with E-state index in [-0.39, 0.29) is 12.5 Å². The van der Waals surface area contributed by atoms with Gasteiger partial charge in [0.25, 0.3) is 5.91 Å². The number of benzene rings is 2. The second kappa shape index (κ2) is 10.4.